The molecule has 1 fully saturated rings. The minimum absolute atomic E-state index is 0.110. The molecule has 0 saturated carbocycles. The maximum Gasteiger partial charge on any atom is 0.279 e. The van der Waals surface area contributed by atoms with Crippen LogP contribution in [0.5, 0.6) is 5.75 Å². The van der Waals surface area contributed by atoms with Crippen LogP contribution in [0.2, 0.25) is 5.02 Å². The van der Waals surface area contributed by atoms with Gasteiger partial charge in [0.1, 0.15) is 45.1 Å². The Bertz CT molecular complexity index is 802. The van der Waals surface area contributed by atoms with Gasteiger partial charge in [-0.15, -0.1) is 0 Å². The van der Waals surface area contributed by atoms with Crippen molar-refractivity contribution in [3.05, 3.63) is 58.6 Å². The van der Waals surface area contributed by atoms with E-state index in [2.05, 4.69) is 31.3 Å². The van der Waals surface area contributed by atoms with Gasteiger partial charge in [-0.2, -0.15) is 0 Å². The van der Waals surface area contributed by atoms with Crippen LogP contribution in [0.4, 0.5) is 5.69 Å². The molecule has 0 unspecified atom stereocenters. The normalized spacial score (nSPS) is 19.0. The molecular weight excluding hydrogens is 386 g/mol. The predicted molar refractivity (Wildman–Crippen MR) is 117 cm³/mol. The average molecular weight is 418 g/mol. The Morgan fingerprint density at radius 2 is 1.76 bits per heavy atom. The summed E-state index contributed by atoms with van der Waals surface area (Å²) in [6.45, 7) is 10.5. The van der Waals surface area contributed by atoms with Crippen LogP contribution < -0.4 is 19.9 Å². The summed E-state index contributed by atoms with van der Waals surface area (Å²) in [7, 11) is 0. The van der Waals surface area contributed by atoms with Gasteiger partial charge in [-0.1, -0.05) is 36.7 Å². The summed E-state index contributed by atoms with van der Waals surface area (Å²) in [5.41, 5.74) is 3.31. The molecule has 5 nitrogen and oxygen atoms in total. The van der Waals surface area contributed by atoms with Crippen molar-refractivity contribution in [2.24, 2.45) is 0 Å². The lowest BCUT2D eigenvalue weighted by Crippen LogP contribution is -3.28. The summed E-state index contributed by atoms with van der Waals surface area (Å²) in [5.74, 6) is 0.968. The van der Waals surface area contributed by atoms with Crippen LogP contribution in [-0.4, -0.2) is 51.8 Å². The number of benzene rings is 2. The highest BCUT2D eigenvalue weighted by molar-refractivity contribution is 6.30. The summed E-state index contributed by atoms with van der Waals surface area (Å²) in [5, 5.41) is 3.87. The third-order valence-electron chi connectivity index (χ3n) is 5.62. The molecule has 0 radical (unpaired) electrons. The smallest absolute Gasteiger partial charge is 0.279 e. The number of piperazine rings is 1. The number of nitrogens with one attached hydrogen (secondary N) is 3. The third kappa shape index (κ3) is 6.46. The van der Waals surface area contributed by atoms with Crippen LogP contribution in [0.1, 0.15) is 18.1 Å². The topological polar surface area (TPSA) is 47.2 Å². The first-order chi connectivity index (χ1) is 14.0. The van der Waals surface area contributed by atoms with E-state index in [0.717, 1.165) is 61.2 Å². The number of hydrogen-bond donors (Lipinski definition) is 3. The minimum Gasteiger partial charge on any atom is -0.488 e. The van der Waals surface area contributed by atoms with Crippen LogP contribution in [0, 0.1) is 6.92 Å². The van der Waals surface area contributed by atoms with Crippen molar-refractivity contribution in [3.8, 4) is 5.75 Å². The van der Waals surface area contributed by atoms with Crippen molar-refractivity contribution in [1.29, 1.82) is 0 Å². The molecule has 1 aliphatic rings. The molecule has 0 aromatic heterocycles. The van der Waals surface area contributed by atoms with Gasteiger partial charge in [-0.05, 0) is 48.7 Å². The number of halogens is 1. The summed E-state index contributed by atoms with van der Waals surface area (Å²) < 4.78 is 5.80. The minimum atomic E-state index is 0.110. The highest BCUT2D eigenvalue weighted by Crippen LogP contribution is 2.20. The Balaban J connectivity index is 1.38. The fraction of sp³-hybridized carbons (Fsp3) is 0.435. The Hall–Kier alpha value is -2.08. The molecule has 0 aliphatic carbocycles. The van der Waals surface area contributed by atoms with Crippen molar-refractivity contribution in [3.63, 3.8) is 0 Å². The number of para-hydroxylation sites is 1. The molecule has 6 heteroatoms. The van der Waals surface area contributed by atoms with E-state index >= 15 is 0 Å². The highest BCUT2D eigenvalue weighted by atomic mass is 35.5. The second kappa shape index (κ2) is 10.6. The summed E-state index contributed by atoms with van der Waals surface area (Å²) in [6.07, 6.45) is 0.921. The molecule has 3 N–H and O–H groups in total. The zero-order valence-corrected chi connectivity index (χ0v) is 18.1. The lowest BCUT2D eigenvalue weighted by molar-refractivity contribution is -1.01. The first kappa shape index (κ1) is 21.6. The van der Waals surface area contributed by atoms with E-state index in [-0.39, 0.29) is 5.91 Å². The van der Waals surface area contributed by atoms with E-state index < -0.39 is 0 Å². The van der Waals surface area contributed by atoms with Crippen LogP contribution in [-0.2, 0) is 11.2 Å². The van der Waals surface area contributed by atoms with Gasteiger partial charge < -0.3 is 19.9 Å². The molecule has 3 rings (SSSR count). The number of carbonyl (C=O) groups is 1. The molecule has 1 heterocycles. The maximum absolute atomic E-state index is 12.6. The van der Waals surface area contributed by atoms with E-state index in [1.165, 1.54) is 15.4 Å². The largest absolute Gasteiger partial charge is 0.488 e. The van der Waals surface area contributed by atoms with E-state index in [1.807, 2.05) is 30.3 Å². The monoisotopic (exact) mass is 417 g/mol. The van der Waals surface area contributed by atoms with Gasteiger partial charge >= 0.3 is 0 Å². The number of ether oxygens (including phenoxy) is 1. The SMILES string of the molecule is CCc1cccc(C)c1NC(=O)C[NH+]1CC[NH+](CCOc2ccc(Cl)cc2)CC1. The number of anilines is 1. The van der Waals surface area contributed by atoms with Crippen molar-refractivity contribution in [1.82, 2.24) is 0 Å². The van der Waals surface area contributed by atoms with Crippen molar-refractivity contribution in [2.75, 3.05) is 51.2 Å². The standard InChI is InChI=1S/C23H30ClN3O2/c1-3-19-6-4-5-18(2)23(19)25-22(28)17-27-13-11-26(12-14-27)15-16-29-21-9-7-20(24)8-10-21/h4-10H,3,11-17H2,1-2H3,(H,25,28)/p+2. The van der Waals surface area contributed by atoms with Gasteiger partial charge in [0.15, 0.2) is 6.54 Å². The Labute approximate surface area is 178 Å². The van der Waals surface area contributed by atoms with Crippen LogP contribution in [0.15, 0.2) is 42.5 Å². The van der Waals surface area contributed by atoms with Crippen LogP contribution in [0.3, 0.4) is 0 Å². The highest BCUT2D eigenvalue weighted by Gasteiger charge is 2.25. The molecule has 1 aliphatic heterocycles. The zero-order chi connectivity index (χ0) is 20.6. The first-order valence-electron chi connectivity index (χ1n) is 10.5. The van der Waals surface area contributed by atoms with Gasteiger partial charge in [0, 0.05) is 10.7 Å². The Morgan fingerprint density at radius 3 is 2.45 bits per heavy atom. The molecule has 0 atom stereocenters. The lowest BCUT2D eigenvalue weighted by atomic mass is 10.1. The summed E-state index contributed by atoms with van der Waals surface area (Å²) >= 11 is 5.89. The number of hydrogen-bond acceptors (Lipinski definition) is 2. The number of rotatable bonds is 8. The summed E-state index contributed by atoms with van der Waals surface area (Å²) in [6, 6.07) is 13.7. The number of carbonyl (C=O) groups excluding carboxylic acids is 1. The van der Waals surface area contributed by atoms with Crippen LogP contribution >= 0.6 is 11.6 Å². The second-order valence-electron chi connectivity index (χ2n) is 7.74. The van der Waals surface area contributed by atoms with Crippen molar-refractivity contribution < 1.29 is 19.3 Å². The van der Waals surface area contributed by atoms with Crippen molar-refractivity contribution >= 4 is 23.2 Å². The van der Waals surface area contributed by atoms with Gasteiger partial charge in [0.2, 0.25) is 0 Å². The molecule has 0 bridgehead atoms. The molecule has 2 aromatic carbocycles. The second-order valence-corrected chi connectivity index (χ2v) is 8.18. The number of aryl methyl sites for hydroxylation is 2. The van der Waals surface area contributed by atoms with E-state index in [1.54, 1.807) is 0 Å². The Morgan fingerprint density at radius 1 is 1.07 bits per heavy atom. The Kier molecular flexibility index (Phi) is 7.92. The zero-order valence-electron chi connectivity index (χ0n) is 17.4. The number of quaternary nitrogens is 2. The quantitative estimate of drug-likeness (QED) is 0.600. The fourth-order valence-corrected chi connectivity index (χ4v) is 3.97. The molecule has 29 heavy (non-hydrogen) atoms. The van der Waals surface area contributed by atoms with Crippen molar-refractivity contribution in [2.45, 2.75) is 20.3 Å². The molecule has 1 saturated heterocycles. The third-order valence-corrected chi connectivity index (χ3v) is 5.87. The van der Waals surface area contributed by atoms with Crippen LogP contribution in [0.25, 0.3) is 0 Å². The first-order valence-corrected chi connectivity index (χ1v) is 10.9. The maximum atomic E-state index is 12.6. The number of amides is 1. The summed E-state index contributed by atoms with van der Waals surface area (Å²) in [4.78, 5) is 15.5. The van der Waals surface area contributed by atoms with E-state index in [9.17, 15) is 4.79 Å². The molecule has 2 aromatic rings. The fourth-order valence-electron chi connectivity index (χ4n) is 3.84. The predicted octanol–water partition coefficient (Wildman–Crippen LogP) is 1.01. The van der Waals surface area contributed by atoms with Gasteiger partial charge in [-0.25, -0.2) is 0 Å². The van der Waals surface area contributed by atoms with Gasteiger partial charge in [0.05, 0.1) is 0 Å². The molecule has 0 spiro atoms. The average Bonchev–Trinajstić information content (AvgIpc) is 2.72. The van der Waals surface area contributed by atoms with E-state index in [4.69, 9.17) is 16.3 Å². The lowest BCUT2D eigenvalue weighted by Gasteiger charge is -2.29. The molecular formula is C23H32ClN3O2+2. The van der Waals surface area contributed by atoms with Gasteiger partial charge in [-0.3, -0.25) is 4.79 Å². The molecule has 156 valence electrons. The molecule has 1 amide bonds. The van der Waals surface area contributed by atoms with E-state index in [0.29, 0.717) is 13.2 Å². The van der Waals surface area contributed by atoms with Gasteiger partial charge in [0.25, 0.3) is 5.91 Å².